The van der Waals surface area contributed by atoms with Crippen LogP contribution in [0.1, 0.15) is 12.0 Å². The minimum Gasteiger partial charge on any atom is -0.497 e. The maximum atomic E-state index is 12.2. The average Bonchev–Trinajstić information content (AvgIpc) is 3.20. The second-order valence-electron chi connectivity index (χ2n) is 6.85. The number of carbonyl (C=O) groups is 1. The number of aryl methyl sites for hydroxylation is 1. The minimum absolute atomic E-state index is 0.0170. The number of imidazole rings is 1. The number of ether oxygens (including phenoxy) is 2. The number of aromatic nitrogens is 2. The molecule has 0 atom stereocenters. The van der Waals surface area contributed by atoms with E-state index in [1.807, 2.05) is 36.4 Å². The molecule has 0 saturated heterocycles. The molecule has 1 aromatic heterocycles. The van der Waals surface area contributed by atoms with Gasteiger partial charge in [0.25, 0.3) is 0 Å². The van der Waals surface area contributed by atoms with Crippen LogP contribution < -0.4 is 10.1 Å². The van der Waals surface area contributed by atoms with E-state index >= 15 is 0 Å². The van der Waals surface area contributed by atoms with Crippen molar-refractivity contribution < 1.29 is 14.3 Å². The van der Waals surface area contributed by atoms with Gasteiger partial charge in [0.05, 0.1) is 18.6 Å². The fourth-order valence-corrected chi connectivity index (χ4v) is 3.73. The van der Waals surface area contributed by atoms with Crippen LogP contribution in [0.15, 0.2) is 53.6 Å². The summed E-state index contributed by atoms with van der Waals surface area (Å²) in [6.45, 7) is 3.29. The predicted octanol–water partition coefficient (Wildman–Crippen LogP) is 4.31. The summed E-state index contributed by atoms with van der Waals surface area (Å²) in [5, 5.41) is 3.71. The summed E-state index contributed by atoms with van der Waals surface area (Å²) in [5.74, 6) is 1.86. The first-order valence-electron chi connectivity index (χ1n) is 9.80. The maximum absolute atomic E-state index is 12.2. The van der Waals surface area contributed by atoms with E-state index in [9.17, 15) is 4.79 Å². The van der Waals surface area contributed by atoms with Crippen LogP contribution >= 0.6 is 11.8 Å². The number of nitrogens with one attached hydrogen (secondary N) is 2. The highest BCUT2D eigenvalue weighted by molar-refractivity contribution is 8.00. The van der Waals surface area contributed by atoms with Crippen LogP contribution in [0.25, 0.3) is 22.6 Å². The lowest BCUT2D eigenvalue weighted by Gasteiger charge is -2.06. The Morgan fingerprint density at radius 3 is 2.43 bits per heavy atom. The molecule has 2 N–H and O–H groups in total. The van der Waals surface area contributed by atoms with Crippen LogP contribution in [-0.4, -0.2) is 49.0 Å². The number of methoxy groups -OCH3 is 2. The van der Waals surface area contributed by atoms with E-state index in [2.05, 4.69) is 29.4 Å². The van der Waals surface area contributed by atoms with Gasteiger partial charge in [-0.1, -0.05) is 41.6 Å². The first-order valence-corrected chi connectivity index (χ1v) is 10.8. The van der Waals surface area contributed by atoms with Crippen LogP contribution in [0.2, 0.25) is 0 Å². The molecule has 0 aliphatic rings. The van der Waals surface area contributed by atoms with Gasteiger partial charge < -0.3 is 19.8 Å². The third-order valence-electron chi connectivity index (χ3n) is 4.56. The van der Waals surface area contributed by atoms with Crippen LogP contribution in [0, 0.1) is 6.92 Å². The Balaban J connectivity index is 1.80. The largest absolute Gasteiger partial charge is 0.497 e. The van der Waals surface area contributed by atoms with Crippen molar-refractivity contribution in [2.45, 2.75) is 18.4 Å². The van der Waals surface area contributed by atoms with Gasteiger partial charge >= 0.3 is 0 Å². The van der Waals surface area contributed by atoms with Crippen molar-refractivity contribution in [1.29, 1.82) is 0 Å². The minimum atomic E-state index is -0.0170. The fourth-order valence-electron chi connectivity index (χ4n) is 2.89. The Labute approximate surface area is 181 Å². The lowest BCUT2D eigenvalue weighted by Crippen LogP contribution is -2.26. The number of carbonyl (C=O) groups excluding carboxylic acids is 1. The normalized spacial score (nSPS) is 10.8. The van der Waals surface area contributed by atoms with Gasteiger partial charge in [-0.2, -0.15) is 0 Å². The Hall–Kier alpha value is -2.77. The van der Waals surface area contributed by atoms with Crippen LogP contribution in [0.3, 0.4) is 0 Å². The number of hydrogen-bond acceptors (Lipinski definition) is 5. The number of aromatic amines is 1. The molecule has 1 heterocycles. The van der Waals surface area contributed by atoms with Crippen molar-refractivity contribution >= 4 is 17.7 Å². The Morgan fingerprint density at radius 1 is 1.07 bits per heavy atom. The molecule has 0 unspecified atom stereocenters. The number of rotatable bonds is 10. The number of thioether (sulfide) groups is 1. The molecule has 0 spiro atoms. The van der Waals surface area contributed by atoms with Gasteiger partial charge in [0.2, 0.25) is 5.91 Å². The lowest BCUT2D eigenvalue weighted by atomic mass is 10.1. The molecule has 0 aliphatic carbocycles. The molecule has 7 heteroatoms. The topological polar surface area (TPSA) is 76.2 Å². The summed E-state index contributed by atoms with van der Waals surface area (Å²) in [7, 11) is 3.30. The number of benzene rings is 2. The summed E-state index contributed by atoms with van der Waals surface area (Å²) in [6, 6.07) is 16.0. The molecule has 0 fully saturated rings. The van der Waals surface area contributed by atoms with Gasteiger partial charge in [-0.25, -0.2) is 4.98 Å². The quantitative estimate of drug-likeness (QED) is 0.374. The number of nitrogens with zero attached hydrogens (tertiary/aromatic N) is 1. The molecule has 30 heavy (non-hydrogen) atoms. The van der Waals surface area contributed by atoms with Crippen LogP contribution in [0.4, 0.5) is 0 Å². The van der Waals surface area contributed by atoms with Gasteiger partial charge in [-0.3, -0.25) is 4.79 Å². The molecule has 158 valence electrons. The third kappa shape index (κ3) is 5.87. The zero-order valence-corrected chi connectivity index (χ0v) is 18.3. The predicted molar refractivity (Wildman–Crippen MR) is 121 cm³/mol. The monoisotopic (exact) mass is 425 g/mol. The second-order valence-corrected chi connectivity index (χ2v) is 7.81. The van der Waals surface area contributed by atoms with E-state index in [0.717, 1.165) is 39.8 Å². The van der Waals surface area contributed by atoms with E-state index in [0.29, 0.717) is 18.9 Å². The third-order valence-corrected chi connectivity index (χ3v) is 5.54. The first kappa shape index (κ1) is 21.9. The molecule has 3 aromatic rings. The van der Waals surface area contributed by atoms with E-state index < -0.39 is 0 Å². The van der Waals surface area contributed by atoms with Crippen molar-refractivity contribution in [3.05, 3.63) is 54.1 Å². The van der Waals surface area contributed by atoms with E-state index in [-0.39, 0.29) is 5.91 Å². The Morgan fingerprint density at radius 2 is 1.77 bits per heavy atom. The Bertz CT molecular complexity index is 953. The van der Waals surface area contributed by atoms with Crippen LogP contribution in [0.5, 0.6) is 5.75 Å². The van der Waals surface area contributed by atoms with E-state index in [1.165, 1.54) is 17.3 Å². The fraction of sp³-hybridized carbons (Fsp3) is 0.304. The van der Waals surface area contributed by atoms with Crippen molar-refractivity contribution in [3.63, 3.8) is 0 Å². The lowest BCUT2D eigenvalue weighted by molar-refractivity contribution is -0.118. The molecular weight excluding hydrogens is 398 g/mol. The summed E-state index contributed by atoms with van der Waals surface area (Å²) >= 11 is 1.43. The molecule has 0 saturated carbocycles. The standard InChI is InChI=1S/C23H27N3O3S/c1-16-5-7-18(8-6-16)22-25-21(17-9-11-19(29-3)12-10-17)23(26-22)30-15-20(27)24-13-4-14-28-2/h5-12H,4,13-15H2,1-3H3,(H,24,27)(H,25,26). The molecular formula is C23H27N3O3S. The molecule has 0 aliphatic heterocycles. The SMILES string of the molecule is COCCCNC(=O)CSc1nc(-c2ccc(C)cc2)[nH]c1-c1ccc(OC)cc1. The highest BCUT2D eigenvalue weighted by Gasteiger charge is 2.16. The van der Waals surface area contributed by atoms with Gasteiger partial charge in [0.15, 0.2) is 0 Å². The molecule has 3 rings (SSSR count). The van der Waals surface area contributed by atoms with Crippen molar-refractivity contribution in [1.82, 2.24) is 15.3 Å². The smallest absolute Gasteiger partial charge is 0.230 e. The molecule has 2 aromatic carbocycles. The van der Waals surface area contributed by atoms with Crippen LogP contribution in [-0.2, 0) is 9.53 Å². The number of amides is 1. The number of H-pyrrole nitrogens is 1. The maximum Gasteiger partial charge on any atom is 0.230 e. The molecule has 1 amide bonds. The summed E-state index contributed by atoms with van der Waals surface area (Å²) in [6.07, 6.45) is 0.796. The zero-order chi connectivity index (χ0) is 21.3. The second kappa shape index (κ2) is 10.8. The van der Waals surface area contributed by atoms with Crippen molar-refractivity contribution in [2.75, 3.05) is 33.1 Å². The van der Waals surface area contributed by atoms with Gasteiger partial charge in [-0.15, -0.1) is 0 Å². The Kier molecular flexibility index (Phi) is 7.93. The summed E-state index contributed by atoms with van der Waals surface area (Å²) in [5.41, 5.74) is 4.08. The van der Waals surface area contributed by atoms with Gasteiger partial charge in [0.1, 0.15) is 16.6 Å². The highest BCUT2D eigenvalue weighted by Crippen LogP contribution is 2.33. The summed E-state index contributed by atoms with van der Waals surface area (Å²) in [4.78, 5) is 20.4. The average molecular weight is 426 g/mol. The first-order chi connectivity index (χ1) is 14.6. The number of hydrogen-bond donors (Lipinski definition) is 2. The summed E-state index contributed by atoms with van der Waals surface area (Å²) < 4.78 is 10.3. The van der Waals surface area contributed by atoms with E-state index in [4.69, 9.17) is 14.5 Å². The highest BCUT2D eigenvalue weighted by atomic mass is 32.2. The van der Waals surface area contributed by atoms with Gasteiger partial charge in [0, 0.05) is 31.4 Å². The molecule has 0 radical (unpaired) electrons. The van der Waals surface area contributed by atoms with E-state index in [1.54, 1.807) is 14.2 Å². The van der Waals surface area contributed by atoms with Crippen molar-refractivity contribution in [2.24, 2.45) is 0 Å². The van der Waals surface area contributed by atoms with Gasteiger partial charge in [-0.05, 0) is 37.6 Å². The molecule has 6 nitrogen and oxygen atoms in total. The molecule has 0 bridgehead atoms. The van der Waals surface area contributed by atoms with Crippen molar-refractivity contribution in [3.8, 4) is 28.4 Å². The zero-order valence-electron chi connectivity index (χ0n) is 17.5.